The summed E-state index contributed by atoms with van der Waals surface area (Å²) >= 11 is 5.59. The first kappa shape index (κ1) is 14.3. The molecule has 0 aliphatic carbocycles. The second-order valence-electron chi connectivity index (χ2n) is 4.89. The maximum atomic E-state index is 12.7. The highest BCUT2D eigenvalue weighted by molar-refractivity contribution is 6.28. The number of morpholine rings is 1. The molecule has 0 N–H and O–H groups in total. The lowest BCUT2D eigenvalue weighted by Gasteiger charge is -2.43. The third kappa shape index (κ3) is 3.09. The summed E-state index contributed by atoms with van der Waals surface area (Å²) in [6, 6.07) is 0.916. The Balaban J connectivity index is 2.42. The van der Waals surface area contributed by atoms with Crippen LogP contribution in [0, 0.1) is 0 Å². The van der Waals surface area contributed by atoms with E-state index in [1.807, 2.05) is 13.8 Å². The van der Waals surface area contributed by atoms with Crippen LogP contribution in [0.25, 0.3) is 0 Å². The molecule has 0 atom stereocenters. The van der Waals surface area contributed by atoms with Crippen molar-refractivity contribution in [2.24, 2.45) is 0 Å². The summed E-state index contributed by atoms with van der Waals surface area (Å²) in [5.41, 5.74) is -1.48. The average Bonchev–Trinajstić information content (AvgIpc) is 2.26. The van der Waals surface area contributed by atoms with Crippen molar-refractivity contribution in [1.82, 2.24) is 9.97 Å². The van der Waals surface area contributed by atoms with Gasteiger partial charge in [-0.2, -0.15) is 13.2 Å². The van der Waals surface area contributed by atoms with Crippen molar-refractivity contribution in [3.63, 3.8) is 0 Å². The molecule has 0 amide bonds. The lowest BCUT2D eigenvalue weighted by molar-refractivity contribution is -0.141. The zero-order valence-corrected chi connectivity index (χ0v) is 11.2. The van der Waals surface area contributed by atoms with Crippen molar-refractivity contribution in [3.8, 4) is 0 Å². The van der Waals surface area contributed by atoms with Crippen LogP contribution in [-0.4, -0.2) is 35.3 Å². The van der Waals surface area contributed by atoms with E-state index in [2.05, 4.69) is 9.97 Å². The number of anilines is 1. The van der Waals surface area contributed by atoms with Gasteiger partial charge in [0.2, 0.25) is 5.28 Å². The molecule has 0 saturated carbocycles. The van der Waals surface area contributed by atoms with Gasteiger partial charge in [0, 0.05) is 12.6 Å². The largest absolute Gasteiger partial charge is 0.433 e. The van der Waals surface area contributed by atoms with Gasteiger partial charge in [0.15, 0.2) is 5.69 Å². The number of nitrogens with zero attached hydrogens (tertiary/aromatic N) is 3. The highest BCUT2D eigenvalue weighted by atomic mass is 35.5. The Kier molecular flexibility index (Phi) is 3.61. The Morgan fingerprint density at radius 2 is 2.05 bits per heavy atom. The molecule has 0 unspecified atom stereocenters. The van der Waals surface area contributed by atoms with Crippen LogP contribution in [-0.2, 0) is 10.9 Å². The topological polar surface area (TPSA) is 38.2 Å². The number of halogens is 4. The van der Waals surface area contributed by atoms with Gasteiger partial charge in [-0.3, -0.25) is 0 Å². The molecule has 1 aromatic heterocycles. The highest BCUT2D eigenvalue weighted by Crippen LogP contribution is 2.33. The van der Waals surface area contributed by atoms with Crippen LogP contribution in [0.5, 0.6) is 0 Å². The Bertz CT molecular complexity index is 479. The average molecular weight is 296 g/mol. The van der Waals surface area contributed by atoms with Gasteiger partial charge in [0.1, 0.15) is 5.82 Å². The molecule has 1 aromatic rings. The zero-order valence-electron chi connectivity index (χ0n) is 10.5. The molecular formula is C11H13ClF3N3O. The summed E-state index contributed by atoms with van der Waals surface area (Å²) in [6.07, 6.45) is -4.54. The Labute approximate surface area is 113 Å². The van der Waals surface area contributed by atoms with Gasteiger partial charge in [-0.1, -0.05) is 0 Å². The number of hydrogen-bond donors (Lipinski definition) is 0. The Morgan fingerprint density at radius 3 is 2.63 bits per heavy atom. The van der Waals surface area contributed by atoms with Crippen molar-refractivity contribution >= 4 is 17.4 Å². The number of aromatic nitrogens is 2. The quantitative estimate of drug-likeness (QED) is 0.747. The maximum absolute atomic E-state index is 12.7. The third-order valence-electron chi connectivity index (χ3n) is 2.90. The van der Waals surface area contributed by atoms with Crippen LogP contribution in [0.15, 0.2) is 6.07 Å². The lowest BCUT2D eigenvalue weighted by Crippen LogP contribution is -2.53. The second kappa shape index (κ2) is 4.79. The molecule has 0 radical (unpaired) electrons. The molecule has 1 aliphatic rings. The van der Waals surface area contributed by atoms with Crippen LogP contribution >= 0.6 is 11.6 Å². The van der Waals surface area contributed by atoms with Crippen LogP contribution in [0.3, 0.4) is 0 Å². The summed E-state index contributed by atoms with van der Waals surface area (Å²) in [5, 5.41) is -0.410. The SMILES string of the molecule is CC1(C)COCCN1c1cc(C(F)(F)F)nc(Cl)n1. The van der Waals surface area contributed by atoms with E-state index >= 15 is 0 Å². The van der Waals surface area contributed by atoms with E-state index in [4.69, 9.17) is 16.3 Å². The number of alkyl halides is 3. The molecule has 4 nitrogen and oxygen atoms in total. The molecule has 106 valence electrons. The minimum Gasteiger partial charge on any atom is -0.377 e. The van der Waals surface area contributed by atoms with E-state index in [1.54, 1.807) is 4.90 Å². The van der Waals surface area contributed by atoms with Crippen molar-refractivity contribution in [2.75, 3.05) is 24.7 Å². The van der Waals surface area contributed by atoms with Crippen LogP contribution in [0.4, 0.5) is 19.0 Å². The first-order valence-electron chi connectivity index (χ1n) is 5.67. The number of rotatable bonds is 1. The van der Waals surface area contributed by atoms with Gasteiger partial charge >= 0.3 is 6.18 Å². The Hall–Kier alpha value is -1.08. The van der Waals surface area contributed by atoms with Crippen LogP contribution < -0.4 is 4.90 Å². The first-order valence-corrected chi connectivity index (χ1v) is 6.05. The van der Waals surface area contributed by atoms with Crippen LogP contribution in [0.1, 0.15) is 19.5 Å². The summed E-state index contributed by atoms with van der Waals surface area (Å²) in [6.45, 7) is 5.05. The number of ether oxygens (including phenoxy) is 1. The van der Waals surface area contributed by atoms with E-state index in [-0.39, 0.29) is 5.82 Å². The molecule has 0 aromatic carbocycles. The van der Waals surface area contributed by atoms with Crippen molar-refractivity contribution < 1.29 is 17.9 Å². The summed E-state index contributed by atoms with van der Waals surface area (Å²) in [4.78, 5) is 8.86. The van der Waals surface area contributed by atoms with Crippen molar-refractivity contribution in [1.29, 1.82) is 0 Å². The van der Waals surface area contributed by atoms with E-state index in [9.17, 15) is 13.2 Å². The van der Waals surface area contributed by atoms with Gasteiger partial charge in [0.05, 0.1) is 18.8 Å². The zero-order chi connectivity index (χ0) is 14.3. The molecule has 8 heteroatoms. The fourth-order valence-corrected chi connectivity index (χ4v) is 2.15. The standard InChI is InChI=1S/C11H13ClF3N3O/c1-10(2)6-19-4-3-18(10)8-5-7(11(13,14)15)16-9(12)17-8/h5H,3-4,6H2,1-2H3. The smallest absolute Gasteiger partial charge is 0.377 e. The monoisotopic (exact) mass is 295 g/mol. The van der Waals surface area contributed by atoms with Gasteiger partial charge in [-0.05, 0) is 25.4 Å². The highest BCUT2D eigenvalue weighted by Gasteiger charge is 2.37. The van der Waals surface area contributed by atoms with Crippen LogP contribution in [0.2, 0.25) is 5.28 Å². The molecule has 1 aliphatic heterocycles. The van der Waals surface area contributed by atoms with Gasteiger partial charge in [0.25, 0.3) is 0 Å². The third-order valence-corrected chi connectivity index (χ3v) is 3.07. The van der Waals surface area contributed by atoms with Gasteiger partial charge in [-0.25, -0.2) is 9.97 Å². The number of hydrogen-bond acceptors (Lipinski definition) is 4. The molecular weight excluding hydrogens is 283 g/mol. The molecule has 0 spiro atoms. The molecule has 0 bridgehead atoms. The summed E-state index contributed by atoms with van der Waals surface area (Å²) in [7, 11) is 0. The summed E-state index contributed by atoms with van der Waals surface area (Å²) < 4.78 is 43.5. The Morgan fingerprint density at radius 1 is 1.37 bits per heavy atom. The second-order valence-corrected chi connectivity index (χ2v) is 5.23. The van der Waals surface area contributed by atoms with E-state index in [0.29, 0.717) is 19.8 Å². The molecule has 1 saturated heterocycles. The van der Waals surface area contributed by atoms with Gasteiger partial charge in [-0.15, -0.1) is 0 Å². The minimum atomic E-state index is -4.54. The molecule has 2 rings (SSSR count). The fourth-order valence-electron chi connectivity index (χ4n) is 1.97. The predicted molar refractivity (Wildman–Crippen MR) is 64.3 cm³/mol. The molecule has 1 fully saturated rings. The maximum Gasteiger partial charge on any atom is 0.433 e. The predicted octanol–water partition coefficient (Wildman–Crippen LogP) is 2.76. The normalized spacial score (nSPS) is 19.6. The molecule has 19 heavy (non-hydrogen) atoms. The van der Waals surface area contributed by atoms with Gasteiger partial charge < -0.3 is 9.64 Å². The minimum absolute atomic E-state index is 0.167. The molecule has 2 heterocycles. The van der Waals surface area contributed by atoms with E-state index in [0.717, 1.165) is 6.07 Å². The van der Waals surface area contributed by atoms with Crippen molar-refractivity contribution in [2.45, 2.75) is 25.6 Å². The van der Waals surface area contributed by atoms with E-state index < -0.39 is 22.7 Å². The lowest BCUT2D eigenvalue weighted by atomic mass is 10.0. The fraction of sp³-hybridized carbons (Fsp3) is 0.636. The summed E-state index contributed by atoms with van der Waals surface area (Å²) in [5.74, 6) is 0.167. The first-order chi connectivity index (χ1) is 8.70. The van der Waals surface area contributed by atoms with Crippen molar-refractivity contribution in [3.05, 3.63) is 17.0 Å². The van der Waals surface area contributed by atoms with E-state index in [1.165, 1.54) is 0 Å².